The van der Waals surface area contributed by atoms with E-state index in [1.54, 1.807) is 0 Å². The molecule has 0 spiro atoms. The van der Waals surface area contributed by atoms with Crippen LogP contribution in [0.2, 0.25) is 0 Å². The Balaban J connectivity index is 0. The maximum atomic E-state index is 0. The maximum absolute atomic E-state index is 0. The molecule has 0 aliphatic heterocycles. The van der Waals surface area contributed by atoms with Gasteiger partial charge in [0.05, 0.1) is 0 Å². The Morgan fingerprint density at radius 3 is 0.500 bits per heavy atom. The van der Waals surface area contributed by atoms with Crippen molar-refractivity contribution in [2.45, 2.75) is 0 Å². The molecule has 0 saturated carbocycles. The van der Waals surface area contributed by atoms with Crippen LogP contribution in [0, 0.1) is 22.3 Å². The first-order valence-electron chi connectivity index (χ1n) is 0. The Hall–Kier alpha value is 0.870. The van der Waals surface area contributed by atoms with Crippen molar-refractivity contribution in [2.24, 2.45) is 0 Å². The van der Waals surface area contributed by atoms with E-state index in [-0.39, 0.29) is 48.1 Å². The van der Waals surface area contributed by atoms with Gasteiger partial charge in [0.25, 0.3) is 0 Å². The molecule has 0 radical (unpaired) electrons. The van der Waals surface area contributed by atoms with E-state index in [4.69, 9.17) is 0 Å². The largest absolute Gasteiger partial charge is 3.00 e. The molecule has 0 aromatic heterocycles. The van der Waals surface area contributed by atoms with Gasteiger partial charge in [-0.05, 0) is 0 Å². The zero-order valence-electron chi connectivity index (χ0n) is 3.58. The van der Waals surface area contributed by atoms with Crippen molar-refractivity contribution in [1.82, 2.24) is 0 Å². The second kappa shape index (κ2) is 42.1. The molecule has 0 heterocycles. The maximum Gasteiger partial charge on any atom is 3.00 e. The van der Waals surface area contributed by atoms with Crippen molar-refractivity contribution in [3.05, 3.63) is 22.3 Å². The van der Waals surface area contributed by atoms with Crippen molar-refractivity contribution in [1.29, 1.82) is 0 Å². The topological polar surface area (TPSA) is 0 Å². The predicted octanol–water partition coefficient (Wildman–Crippen LogP) is 1.35. The minimum atomic E-state index is 0. The summed E-state index contributed by atoms with van der Waals surface area (Å²) in [5.41, 5.74) is 0. The Labute approximate surface area is 48.4 Å². The Morgan fingerprint density at radius 2 is 0.500 bits per heavy atom. The van der Waals surface area contributed by atoms with Gasteiger partial charge < -0.3 is 22.3 Å². The van der Waals surface area contributed by atoms with Gasteiger partial charge >= 0.3 is 25.8 Å². The van der Waals surface area contributed by atoms with Gasteiger partial charge in [-0.2, -0.15) is 0 Å². The van der Waals surface area contributed by atoms with Crippen LogP contribution in [0.25, 0.3) is 0 Å². The zero-order chi connectivity index (χ0) is 0. The fourth-order valence-electron chi connectivity index (χ4n) is 0. The van der Waals surface area contributed by atoms with E-state index in [1.165, 1.54) is 0 Å². The third-order valence-corrected chi connectivity index (χ3v) is 0. The first-order chi connectivity index (χ1) is 0. The second-order valence-electron chi connectivity index (χ2n) is 0. The molecule has 0 aromatic rings. The number of hydrogen-bond acceptors (Lipinski definition) is 0. The van der Waals surface area contributed by atoms with Crippen LogP contribution in [0.1, 0.15) is 0 Å². The van der Waals surface area contributed by atoms with E-state index < -0.39 is 0 Å². The third kappa shape index (κ3) is 13.3. The number of hydrogen-bond donors (Lipinski definition) is 0. The van der Waals surface area contributed by atoms with E-state index in [2.05, 4.69) is 0 Å². The van der Waals surface area contributed by atoms with Gasteiger partial charge in [-0.15, -0.1) is 0 Å². The smallest absolute Gasteiger partial charge is 0.358 e. The molecule has 0 aliphatic rings. The van der Waals surface area contributed by atoms with Crippen LogP contribution in [0.4, 0.5) is 0 Å². The first kappa shape index (κ1) is 96.3. The molecule has 0 bridgehead atoms. The van der Waals surface area contributed by atoms with Crippen molar-refractivity contribution < 1.29 is 25.8 Å². The molecule has 0 atom stereocenters. The molecule has 0 nitrogen and oxygen atoms in total. The van der Waals surface area contributed by atoms with E-state index in [0.29, 0.717) is 0 Å². The van der Waals surface area contributed by atoms with Crippen LogP contribution in [0.5, 0.6) is 0 Å². The molecule has 0 aromatic carbocycles. The molecule has 1 heteroatoms. The van der Waals surface area contributed by atoms with E-state index in [0.717, 1.165) is 0 Å². The van der Waals surface area contributed by atoms with Crippen molar-refractivity contribution in [3.63, 3.8) is 0 Å². The summed E-state index contributed by atoms with van der Waals surface area (Å²) in [6.07, 6.45) is 0. The molecule has 0 unspecified atom stereocenters. The first-order valence-corrected chi connectivity index (χ1v) is 0. The summed E-state index contributed by atoms with van der Waals surface area (Å²) in [6.45, 7) is 0. The average Bonchev–Trinajstić information content (AvgIpc) is 0. The molecule has 0 saturated heterocycles. The molecule has 0 fully saturated rings. The Bertz CT molecular complexity index is 3.25. The summed E-state index contributed by atoms with van der Waals surface area (Å²) in [5, 5.41) is 0. The SMILES string of the molecule is [CH3-].[CH3-].[CH3-].[Sc+3]. The molecule has 0 N–H and O–H groups in total. The van der Waals surface area contributed by atoms with Crippen molar-refractivity contribution >= 4 is 0 Å². The summed E-state index contributed by atoms with van der Waals surface area (Å²) in [5.74, 6) is 0. The standard InChI is InChI=1S/3CH3.Sc/h3*1H3;/q3*-1;+3. The van der Waals surface area contributed by atoms with Gasteiger partial charge in [-0.3, -0.25) is 0 Å². The minimum Gasteiger partial charge on any atom is -0.358 e. The van der Waals surface area contributed by atoms with Crippen LogP contribution in [0.3, 0.4) is 0 Å². The summed E-state index contributed by atoms with van der Waals surface area (Å²) in [6, 6.07) is 0. The van der Waals surface area contributed by atoms with Crippen LogP contribution in [-0.2, 0) is 25.8 Å². The molecule has 0 amide bonds. The van der Waals surface area contributed by atoms with Gasteiger partial charge in [0.15, 0.2) is 0 Å². The van der Waals surface area contributed by atoms with Crippen LogP contribution in [-0.4, -0.2) is 0 Å². The molecule has 24 valence electrons. The summed E-state index contributed by atoms with van der Waals surface area (Å²) >= 11 is 0. The summed E-state index contributed by atoms with van der Waals surface area (Å²) < 4.78 is 0. The fraction of sp³-hybridized carbons (Fsp3) is 0. The normalized spacial score (nSPS) is 0. The summed E-state index contributed by atoms with van der Waals surface area (Å²) in [7, 11) is 0. The molecule has 0 aliphatic carbocycles. The molecule has 4 heavy (non-hydrogen) atoms. The van der Waals surface area contributed by atoms with Crippen molar-refractivity contribution in [3.8, 4) is 0 Å². The summed E-state index contributed by atoms with van der Waals surface area (Å²) in [4.78, 5) is 0. The molecular formula is C3H9Sc. The van der Waals surface area contributed by atoms with Crippen LogP contribution >= 0.6 is 0 Å². The van der Waals surface area contributed by atoms with Gasteiger partial charge in [0.1, 0.15) is 0 Å². The van der Waals surface area contributed by atoms with Crippen LogP contribution in [0.15, 0.2) is 0 Å². The Kier molecular flexibility index (Phi) is 1010. The van der Waals surface area contributed by atoms with Gasteiger partial charge in [0, 0.05) is 0 Å². The van der Waals surface area contributed by atoms with Gasteiger partial charge in [-0.25, -0.2) is 0 Å². The predicted molar refractivity (Wildman–Crippen MR) is 19.2 cm³/mol. The monoisotopic (exact) mass is 90.0 g/mol. The van der Waals surface area contributed by atoms with Gasteiger partial charge in [0.2, 0.25) is 0 Å². The second-order valence-corrected chi connectivity index (χ2v) is 0. The minimum absolute atomic E-state index is 0. The molecular weight excluding hydrogens is 81.0 g/mol. The third-order valence-electron chi connectivity index (χ3n) is 0. The average molecular weight is 90.1 g/mol. The van der Waals surface area contributed by atoms with Crippen molar-refractivity contribution in [2.75, 3.05) is 0 Å². The quantitative estimate of drug-likeness (QED) is 0.394. The van der Waals surface area contributed by atoms with E-state index in [1.807, 2.05) is 0 Å². The van der Waals surface area contributed by atoms with E-state index in [9.17, 15) is 0 Å². The fourth-order valence-corrected chi connectivity index (χ4v) is 0. The van der Waals surface area contributed by atoms with Crippen LogP contribution < -0.4 is 0 Å². The van der Waals surface area contributed by atoms with Gasteiger partial charge in [-0.1, -0.05) is 0 Å². The molecule has 0 rings (SSSR count). The zero-order valence-corrected chi connectivity index (χ0v) is 5.38. The van der Waals surface area contributed by atoms with E-state index >= 15 is 0 Å². The number of rotatable bonds is 0. The Morgan fingerprint density at radius 1 is 0.500 bits per heavy atom.